The minimum atomic E-state index is 0.0678. The highest BCUT2D eigenvalue weighted by Gasteiger charge is 2.22. The highest BCUT2D eigenvalue weighted by Crippen LogP contribution is 2.29. The van der Waals surface area contributed by atoms with Crippen LogP contribution in [0.3, 0.4) is 0 Å². The maximum Gasteiger partial charge on any atom is 0.224 e. The average Bonchev–Trinajstić information content (AvgIpc) is 2.92. The van der Waals surface area contributed by atoms with Crippen LogP contribution in [-0.2, 0) is 5.41 Å². The molecule has 2 heterocycles. The molecule has 6 heteroatoms. The van der Waals surface area contributed by atoms with Crippen LogP contribution in [0.2, 0.25) is 0 Å². The minimum absolute atomic E-state index is 0.0678. The number of anilines is 2. The van der Waals surface area contributed by atoms with Crippen molar-refractivity contribution in [2.75, 3.05) is 24.2 Å². The third-order valence-corrected chi connectivity index (χ3v) is 4.67. The van der Waals surface area contributed by atoms with Crippen LogP contribution in [0.4, 0.5) is 11.8 Å². The van der Waals surface area contributed by atoms with Crippen LogP contribution in [0.5, 0.6) is 0 Å². The first-order chi connectivity index (χ1) is 9.03. The van der Waals surface area contributed by atoms with E-state index < -0.39 is 0 Å². The van der Waals surface area contributed by atoms with Crippen molar-refractivity contribution < 1.29 is 0 Å². The van der Waals surface area contributed by atoms with Gasteiger partial charge < -0.3 is 10.6 Å². The smallest absolute Gasteiger partial charge is 0.224 e. The fraction of sp³-hybridized carbons (Fsp3) is 0.385. The van der Waals surface area contributed by atoms with Crippen molar-refractivity contribution in [3.63, 3.8) is 0 Å². The second-order valence-corrected chi connectivity index (χ2v) is 6.66. The molecule has 0 atom stereocenters. The zero-order chi connectivity index (χ0) is 13.9. The number of halogens is 1. The van der Waals surface area contributed by atoms with Gasteiger partial charge in [0, 0.05) is 30.1 Å². The van der Waals surface area contributed by atoms with Gasteiger partial charge in [-0.05, 0) is 27.4 Å². The molecule has 2 aromatic rings. The van der Waals surface area contributed by atoms with Crippen LogP contribution in [-0.4, -0.2) is 23.6 Å². The average molecular weight is 341 g/mol. The molecule has 4 nitrogen and oxygen atoms in total. The molecule has 0 bridgehead atoms. The fourth-order valence-electron chi connectivity index (χ4n) is 1.67. The van der Waals surface area contributed by atoms with Crippen LogP contribution >= 0.6 is 27.3 Å². The third kappa shape index (κ3) is 3.45. The van der Waals surface area contributed by atoms with Gasteiger partial charge in [0.2, 0.25) is 5.95 Å². The summed E-state index contributed by atoms with van der Waals surface area (Å²) in [7, 11) is 1.81. The Bertz CT molecular complexity index is 540. The van der Waals surface area contributed by atoms with Crippen molar-refractivity contribution in [2.45, 2.75) is 19.3 Å². The molecule has 0 radical (unpaired) electrons. The first-order valence-corrected chi connectivity index (χ1v) is 7.68. The number of rotatable bonds is 5. The second kappa shape index (κ2) is 5.88. The van der Waals surface area contributed by atoms with E-state index in [0.717, 1.165) is 16.8 Å². The van der Waals surface area contributed by atoms with E-state index in [1.165, 1.54) is 4.88 Å². The van der Waals surface area contributed by atoms with Crippen molar-refractivity contribution in [3.05, 3.63) is 33.1 Å². The summed E-state index contributed by atoms with van der Waals surface area (Å²) in [5, 5.41) is 8.43. The van der Waals surface area contributed by atoms with Crippen molar-refractivity contribution in [2.24, 2.45) is 0 Å². The highest BCUT2D eigenvalue weighted by atomic mass is 79.9. The molecule has 0 aliphatic rings. The Morgan fingerprint density at radius 1 is 1.42 bits per heavy atom. The van der Waals surface area contributed by atoms with Gasteiger partial charge in [0.05, 0.1) is 4.47 Å². The fourth-order valence-corrected chi connectivity index (χ4v) is 2.85. The molecular weight excluding hydrogens is 324 g/mol. The van der Waals surface area contributed by atoms with Gasteiger partial charge in [-0.15, -0.1) is 11.3 Å². The van der Waals surface area contributed by atoms with Gasteiger partial charge in [0.25, 0.3) is 0 Å². The van der Waals surface area contributed by atoms with Gasteiger partial charge in [-0.25, -0.2) is 4.98 Å². The Kier molecular flexibility index (Phi) is 4.42. The molecule has 0 aromatic carbocycles. The van der Waals surface area contributed by atoms with Crippen molar-refractivity contribution in [1.29, 1.82) is 0 Å². The van der Waals surface area contributed by atoms with Crippen molar-refractivity contribution >= 4 is 39.0 Å². The molecule has 2 rings (SSSR count). The summed E-state index contributed by atoms with van der Waals surface area (Å²) < 4.78 is 0.869. The van der Waals surface area contributed by atoms with Gasteiger partial charge in [0.1, 0.15) is 5.82 Å². The lowest BCUT2D eigenvalue weighted by Gasteiger charge is -2.24. The molecule has 0 saturated heterocycles. The van der Waals surface area contributed by atoms with Crippen molar-refractivity contribution in [1.82, 2.24) is 9.97 Å². The Morgan fingerprint density at radius 2 is 2.21 bits per heavy atom. The number of hydrogen-bond acceptors (Lipinski definition) is 5. The molecule has 0 fully saturated rings. The molecular formula is C13H17BrN4S. The molecule has 0 amide bonds. The molecule has 0 saturated carbocycles. The van der Waals surface area contributed by atoms with Crippen LogP contribution in [0.15, 0.2) is 28.2 Å². The summed E-state index contributed by atoms with van der Waals surface area (Å²) in [6, 6.07) is 4.25. The van der Waals surface area contributed by atoms with Gasteiger partial charge in [0.15, 0.2) is 0 Å². The SMILES string of the molecule is CNc1ncc(Br)c(NCC(C)(C)c2cccs2)n1. The molecule has 102 valence electrons. The minimum Gasteiger partial charge on any atom is -0.368 e. The lowest BCUT2D eigenvalue weighted by Crippen LogP contribution is -2.27. The molecule has 0 aliphatic carbocycles. The zero-order valence-electron chi connectivity index (χ0n) is 11.2. The Morgan fingerprint density at radius 3 is 2.84 bits per heavy atom. The van der Waals surface area contributed by atoms with E-state index in [2.05, 4.69) is 67.9 Å². The summed E-state index contributed by atoms with van der Waals surface area (Å²) in [6.07, 6.45) is 1.75. The molecule has 0 unspecified atom stereocenters. The van der Waals surface area contributed by atoms with E-state index >= 15 is 0 Å². The van der Waals surface area contributed by atoms with Crippen LogP contribution in [0.25, 0.3) is 0 Å². The van der Waals surface area contributed by atoms with E-state index in [1.54, 1.807) is 17.5 Å². The monoisotopic (exact) mass is 340 g/mol. The van der Waals surface area contributed by atoms with Crippen molar-refractivity contribution in [3.8, 4) is 0 Å². The number of aromatic nitrogens is 2. The van der Waals surface area contributed by atoms with Gasteiger partial charge in [-0.3, -0.25) is 0 Å². The van der Waals surface area contributed by atoms with E-state index in [-0.39, 0.29) is 5.41 Å². The largest absolute Gasteiger partial charge is 0.368 e. The van der Waals surface area contributed by atoms with E-state index in [4.69, 9.17) is 0 Å². The molecule has 2 aromatic heterocycles. The number of hydrogen-bond donors (Lipinski definition) is 2. The summed E-state index contributed by atoms with van der Waals surface area (Å²) in [6.45, 7) is 5.26. The Balaban J connectivity index is 2.10. The summed E-state index contributed by atoms with van der Waals surface area (Å²) in [5.41, 5.74) is 0.0678. The maximum atomic E-state index is 4.40. The molecule has 2 N–H and O–H groups in total. The van der Waals surface area contributed by atoms with E-state index in [0.29, 0.717) is 5.95 Å². The van der Waals surface area contributed by atoms with Crippen LogP contribution in [0.1, 0.15) is 18.7 Å². The first-order valence-electron chi connectivity index (χ1n) is 6.01. The highest BCUT2D eigenvalue weighted by molar-refractivity contribution is 9.10. The molecule has 0 spiro atoms. The predicted molar refractivity (Wildman–Crippen MR) is 85.1 cm³/mol. The predicted octanol–water partition coefficient (Wildman–Crippen LogP) is 3.73. The number of thiophene rings is 1. The molecule has 0 aliphatic heterocycles. The Hall–Kier alpha value is -1.14. The number of nitrogens with zero attached hydrogens (tertiary/aromatic N) is 2. The standard InChI is InChI=1S/C13H17BrN4S/c1-13(2,10-5-4-6-19-10)8-17-11-9(14)7-16-12(15-3)18-11/h4-7H,8H2,1-3H3,(H2,15,16,17,18). The third-order valence-electron chi connectivity index (χ3n) is 2.85. The zero-order valence-corrected chi connectivity index (χ0v) is 13.6. The molecule has 19 heavy (non-hydrogen) atoms. The lowest BCUT2D eigenvalue weighted by molar-refractivity contribution is 0.568. The van der Waals surface area contributed by atoms with E-state index in [1.807, 2.05) is 7.05 Å². The summed E-state index contributed by atoms with van der Waals surface area (Å²) in [5.74, 6) is 1.42. The Labute approximate surface area is 125 Å². The summed E-state index contributed by atoms with van der Waals surface area (Å²) >= 11 is 5.24. The topological polar surface area (TPSA) is 49.8 Å². The normalized spacial score (nSPS) is 11.4. The van der Waals surface area contributed by atoms with E-state index in [9.17, 15) is 0 Å². The van der Waals surface area contributed by atoms with Gasteiger partial charge >= 0.3 is 0 Å². The first kappa shape index (κ1) is 14.3. The second-order valence-electron chi connectivity index (χ2n) is 4.85. The lowest BCUT2D eigenvalue weighted by atomic mass is 9.91. The van der Waals surface area contributed by atoms with Crippen LogP contribution in [0, 0.1) is 0 Å². The quantitative estimate of drug-likeness (QED) is 0.870. The van der Waals surface area contributed by atoms with Gasteiger partial charge in [-0.2, -0.15) is 4.98 Å². The van der Waals surface area contributed by atoms with Crippen LogP contribution < -0.4 is 10.6 Å². The van der Waals surface area contributed by atoms with Gasteiger partial charge in [-0.1, -0.05) is 19.9 Å². The summed E-state index contributed by atoms with van der Waals surface area (Å²) in [4.78, 5) is 9.90. The number of nitrogens with one attached hydrogen (secondary N) is 2. The maximum absolute atomic E-state index is 4.40.